The highest BCUT2D eigenvalue weighted by atomic mass is 16.3. The number of hydrogen-bond donors (Lipinski definition) is 12. The number of phenols is 1. The zero-order valence-corrected chi connectivity index (χ0v) is 44.6. The van der Waals surface area contributed by atoms with Crippen molar-refractivity contribution in [2.24, 2.45) is 35.0 Å². The number of primary amides is 1. The number of quaternary nitrogens is 1. The number of hydrogen-bond acceptors (Lipinski definition) is 13. The molecule has 22 heteroatoms. The summed E-state index contributed by atoms with van der Waals surface area (Å²) in [6.45, 7) is 5.98. The summed E-state index contributed by atoms with van der Waals surface area (Å²) >= 11 is 0. The van der Waals surface area contributed by atoms with E-state index >= 15 is 4.79 Å². The SMILES string of the molecule is CC(C)C[C@H]([NH3+])C(=O)N[C@@H](Cc1ccc(O)cc1)C(=O)N[C@@H](CC1CCCCC1)C(=O)N[C@@H](CC1CCCCC1)C(=O)N1CCC[C@H]1C(=O)N[C@@H](CCCNC(N)N)C(=O)N1CCC[C@H]1C(=O)N[C@H](C(N)=O)[C@@H](C)O. The number of rotatable bonds is 27. The average molecular weight is 1050 g/mol. The molecule has 2 saturated carbocycles. The Balaban J connectivity index is 1.38. The minimum atomic E-state index is -1.38. The largest absolute Gasteiger partial charge is 0.508 e. The second-order valence-electron chi connectivity index (χ2n) is 22.1. The molecule has 1 aromatic rings. The number of aromatic hydroxyl groups is 1. The summed E-state index contributed by atoms with van der Waals surface area (Å²) in [5.74, 6) is -4.23. The predicted octanol–water partition coefficient (Wildman–Crippen LogP) is -0.625. The smallest absolute Gasteiger partial charge is 0.278 e. The van der Waals surface area contributed by atoms with Gasteiger partial charge < -0.3 is 69.5 Å². The molecule has 0 bridgehead atoms. The Kier molecular flexibility index (Phi) is 24.0. The van der Waals surface area contributed by atoms with E-state index < -0.39 is 108 Å². The zero-order valence-electron chi connectivity index (χ0n) is 44.6. The van der Waals surface area contributed by atoms with Crippen LogP contribution in [0.4, 0.5) is 0 Å². The molecular formula is C53H89N12O10+. The first-order valence-electron chi connectivity index (χ1n) is 27.7. The van der Waals surface area contributed by atoms with Crippen molar-refractivity contribution in [3.8, 4) is 5.75 Å². The number of nitrogens with one attached hydrogen (secondary N) is 6. The second-order valence-corrected chi connectivity index (χ2v) is 22.1. The molecule has 1 aromatic carbocycles. The van der Waals surface area contributed by atoms with Gasteiger partial charge in [-0.15, -0.1) is 0 Å². The Morgan fingerprint density at radius 2 is 1.13 bits per heavy atom. The number of amides is 8. The van der Waals surface area contributed by atoms with Crippen LogP contribution >= 0.6 is 0 Å². The predicted molar refractivity (Wildman–Crippen MR) is 280 cm³/mol. The first kappa shape index (κ1) is 60.4. The van der Waals surface area contributed by atoms with E-state index in [9.17, 15) is 43.8 Å². The van der Waals surface area contributed by atoms with Gasteiger partial charge in [-0.2, -0.15) is 0 Å². The van der Waals surface area contributed by atoms with E-state index in [4.69, 9.17) is 17.2 Å². The molecule has 420 valence electrons. The third-order valence-corrected chi connectivity index (χ3v) is 15.4. The quantitative estimate of drug-likeness (QED) is 0.0387. The third kappa shape index (κ3) is 18.7. The Morgan fingerprint density at radius 1 is 0.640 bits per heavy atom. The number of nitrogens with two attached hydrogens (primary N) is 3. The number of benzene rings is 1. The molecule has 17 N–H and O–H groups in total. The maximum Gasteiger partial charge on any atom is 0.278 e. The highest BCUT2D eigenvalue weighted by molar-refractivity contribution is 5.98. The highest BCUT2D eigenvalue weighted by Gasteiger charge is 2.43. The van der Waals surface area contributed by atoms with Crippen molar-refractivity contribution in [2.75, 3.05) is 19.6 Å². The molecule has 2 aliphatic carbocycles. The third-order valence-electron chi connectivity index (χ3n) is 15.4. The molecule has 2 aliphatic heterocycles. The van der Waals surface area contributed by atoms with Crippen LogP contribution in [-0.4, -0.2) is 148 Å². The monoisotopic (exact) mass is 1050 g/mol. The Labute approximate surface area is 442 Å². The van der Waals surface area contributed by atoms with Crippen molar-refractivity contribution in [3.63, 3.8) is 0 Å². The fourth-order valence-corrected chi connectivity index (χ4v) is 11.3. The minimum Gasteiger partial charge on any atom is -0.508 e. The van der Waals surface area contributed by atoms with Crippen LogP contribution in [0.15, 0.2) is 24.3 Å². The number of nitrogens with zero attached hydrogens (tertiary/aromatic N) is 2. The van der Waals surface area contributed by atoms with E-state index in [0.717, 1.165) is 64.2 Å². The van der Waals surface area contributed by atoms with Crippen molar-refractivity contribution in [3.05, 3.63) is 29.8 Å². The Bertz CT molecular complexity index is 2060. The van der Waals surface area contributed by atoms with Crippen LogP contribution in [0.3, 0.4) is 0 Å². The van der Waals surface area contributed by atoms with Crippen molar-refractivity contribution in [2.45, 2.75) is 210 Å². The molecule has 2 saturated heterocycles. The number of likely N-dealkylation sites (tertiary alicyclic amines) is 2. The van der Waals surface area contributed by atoms with Gasteiger partial charge in [0.2, 0.25) is 41.4 Å². The first-order valence-corrected chi connectivity index (χ1v) is 27.7. The van der Waals surface area contributed by atoms with Crippen LogP contribution in [0.1, 0.15) is 148 Å². The zero-order chi connectivity index (χ0) is 54.8. The maximum absolute atomic E-state index is 15.1. The van der Waals surface area contributed by atoms with Gasteiger partial charge >= 0.3 is 0 Å². The standard InChI is InChI=1S/C53H88N12O10/c1-31(2)27-37(54)46(69)60-39(29-35-20-22-36(67)23-21-35)47(70)61-40(28-33-13-6-4-7-14-33)48(71)62-41(30-34-15-8-5-9-16-34)52(75)65-26-11-18-42(65)49(72)59-38(17-10-24-58-53(56)57)51(74)64-25-12-19-43(64)50(73)63-44(32(3)66)45(55)68/h20-23,31-34,37-44,53,58,66-67H,4-19,24-30,54,56-57H2,1-3H3,(H2,55,68)(H,59,72)(H,60,69)(H,61,70)(H,62,71)(H,63,73)/p+1/t32-,37+,38+,39+,40+,41+,42+,43+,44+/m1/s1. The maximum atomic E-state index is 15.1. The number of carbonyl (C=O) groups is 8. The van der Waals surface area contributed by atoms with E-state index in [2.05, 4.69) is 37.6 Å². The normalized spacial score (nSPS) is 21.3. The topological polar surface area (TPSA) is 361 Å². The summed E-state index contributed by atoms with van der Waals surface area (Å²) in [7, 11) is 0. The van der Waals surface area contributed by atoms with Crippen LogP contribution in [0.5, 0.6) is 5.75 Å². The molecular weight excluding hydrogens is 965 g/mol. The van der Waals surface area contributed by atoms with Crippen molar-refractivity contribution < 1.29 is 54.3 Å². The summed E-state index contributed by atoms with van der Waals surface area (Å²) in [5.41, 5.74) is 21.6. The Hall–Kier alpha value is -5.42. The molecule has 22 nitrogen and oxygen atoms in total. The number of carbonyl (C=O) groups excluding carboxylic acids is 8. The molecule has 0 radical (unpaired) electrons. The van der Waals surface area contributed by atoms with Crippen molar-refractivity contribution in [1.29, 1.82) is 0 Å². The lowest BCUT2D eigenvalue weighted by atomic mass is 9.83. The number of aliphatic hydroxyl groups excluding tert-OH is 1. The molecule has 0 aromatic heterocycles. The molecule has 8 amide bonds. The van der Waals surface area contributed by atoms with Gasteiger partial charge in [-0.3, -0.25) is 43.7 Å². The summed E-state index contributed by atoms with van der Waals surface area (Å²) in [4.78, 5) is 115. The van der Waals surface area contributed by atoms with E-state index in [0.29, 0.717) is 50.6 Å². The van der Waals surface area contributed by atoms with Crippen LogP contribution in [0.2, 0.25) is 0 Å². The average Bonchev–Trinajstić information content (AvgIpc) is 4.08. The lowest BCUT2D eigenvalue weighted by Gasteiger charge is -2.34. The fraction of sp³-hybridized carbons (Fsp3) is 0.736. The molecule has 2 heterocycles. The summed E-state index contributed by atoms with van der Waals surface area (Å²) < 4.78 is 0. The van der Waals surface area contributed by atoms with Crippen LogP contribution < -0.4 is 54.8 Å². The lowest BCUT2D eigenvalue weighted by Crippen LogP contribution is -2.69. The van der Waals surface area contributed by atoms with Gasteiger partial charge in [-0.1, -0.05) is 90.2 Å². The number of phenolic OH excluding ortho intramolecular Hbond substituents is 1. The van der Waals surface area contributed by atoms with Gasteiger partial charge in [-0.05, 0) is 100 Å². The molecule has 0 spiro atoms. The molecule has 5 rings (SSSR count). The number of aliphatic hydroxyl groups is 1. The Morgan fingerprint density at radius 3 is 1.65 bits per heavy atom. The van der Waals surface area contributed by atoms with Gasteiger partial charge in [0.1, 0.15) is 54.3 Å². The van der Waals surface area contributed by atoms with Crippen molar-refractivity contribution >= 4 is 47.3 Å². The van der Waals surface area contributed by atoms with Gasteiger partial charge in [0.15, 0.2) is 6.04 Å². The molecule has 4 aliphatic rings. The molecule has 75 heavy (non-hydrogen) atoms. The molecule has 4 fully saturated rings. The van der Waals surface area contributed by atoms with Gasteiger partial charge in [0.05, 0.1) is 6.10 Å². The highest BCUT2D eigenvalue weighted by Crippen LogP contribution is 2.31. The van der Waals surface area contributed by atoms with E-state index in [1.807, 2.05) is 13.8 Å². The van der Waals surface area contributed by atoms with E-state index in [-0.39, 0.29) is 62.3 Å². The van der Waals surface area contributed by atoms with Crippen LogP contribution in [0, 0.1) is 17.8 Å². The lowest BCUT2D eigenvalue weighted by molar-refractivity contribution is -0.406. The fourth-order valence-electron chi connectivity index (χ4n) is 11.3. The van der Waals surface area contributed by atoms with Crippen LogP contribution in [0.25, 0.3) is 0 Å². The molecule has 9 atom stereocenters. The van der Waals surface area contributed by atoms with Crippen LogP contribution in [-0.2, 0) is 44.8 Å². The first-order chi connectivity index (χ1) is 35.7. The van der Waals surface area contributed by atoms with E-state index in [1.165, 1.54) is 28.9 Å². The second kappa shape index (κ2) is 29.8. The van der Waals surface area contributed by atoms with Gasteiger partial charge in [-0.25, -0.2) is 0 Å². The minimum absolute atomic E-state index is 0.0462. The summed E-state index contributed by atoms with van der Waals surface area (Å²) in [6.07, 6.45) is 10.5. The van der Waals surface area contributed by atoms with Gasteiger partial charge in [0.25, 0.3) is 5.91 Å². The molecule has 0 unspecified atom stereocenters. The van der Waals surface area contributed by atoms with Gasteiger partial charge in [0, 0.05) is 25.9 Å². The van der Waals surface area contributed by atoms with E-state index in [1.54, 1.807) is 12.1 Å². The summed E-state index contributed by atoms with van der Waals surface area (Å²) in [5, 5.41) is 37.3. The summed E-state index contributed by atoms with van der Waals surface area (Å²) in [6, 6.07) is -2.02. The van der Waals surface area contributed by atoms with Crippen molar-refractivity contribution in [1.82, 2.24) is 41.7 Å².